The topological polar surface area (TPSA) is 46.9 Å². The number of nitrogens with zero attached hydrogens (tertiary/aromatic N) is 2. The number of hydrogen-bond acceptors (Lipinski definition) is 4. The highest BCUT2D eigenvalue weighted by molar-refractivity contribution is 9.11. The second-order valence-corrected chi connectivity index (χ2v) is 6.69. The predicted molar refractivity (Wildman–Crippen MR) is 78.2 cm³/mol. The van der Waals surface area contributed by atoms with Gasteiger partial charge in [0.15, 0.2) is 5.82 Å². The van der Waals surface area contributed by atoms with Gasteiger partial charge in [-0.25, -0.2) is 4.98 Å². The van der Waals surface area contributed by atoms with Crippen LogP contribution in [0.15, 0.2) is 33.1 Å². The van der Waals surface area contributed by atoms with E-state index in [2.05, 4.69) is 26.2 Å². The molecule has 2 rings (SSSR count). The summed E-state index contributed by atoms with van der Waals surface area (Å²) in [4.78, 5) is 17.3. The maximum absolute atomic E-state index is 12.1. The van der Waals surface area contributed by atoms with Crippen LogP contribution in [-0.4, -0.2) is 9.55 Å². The average Bonchev–Trinajstić information content (AvgIpc) is 2.73. The van der Waals surface area contributed by atoms with Gasteiger partial charge in [0.2, 0.25) is 0 Å². The molecule has 18 heavy (non-hydrogen) atoms. The Morgan fingerprint density at radius 3 is 2.89 bits per heavy atom. The third-order valence-corrected chi connectivity index (χ3v) is 4.11. The molecular formula is C12H14BrN3OS. The molecule has 2 aromatic rings. The molecule has 0 saturated heterocycles. The lowest BCUT2D eigenvalue weighted by atomic mass is 10.4. The Bertz CT molecular complexity index is 591. The van der Waals surface area contributed by atoms with Crippen LogP contribution in [0.2, 0.25) is 0 Å². The molecule has 0 aromatic carbocycles. The highest BCUT2D eigenvalue weighted by Gasteiger charge is 2.07. The molecule has 0 amide bonds. The van der Waals surface area contributed by atoms with E-state index < -0.39 is 0 Å². The molecule has 4 nitrogen and oxygen atoms in total. The number of nitrogens with one attached hydrogen (secondary N) is 1. The molecule has 2 heterocycles. The van der Waals surface area contributed by atoms with Gasteiger partial charge in [-0.3, -0.25) is 4.79 Å². The van der Waals surface area contributed by atoms with Crippen LogP contribution in [0.3, 0.4) is 0 Å². The van der Waals surface area contributed by atoms with Crippen molar-refractivity contribution in [2.45, 2.75) is 26.4 Å². The van der Waals surface area contributed by atoms with Crippen molar-refractivity contribution in [2.24, 2.45) is 0 Å². The summed E-state index contributed by atoms with van der Waals surface area (Å²) < 4.78 is 2.75. The predicted octanol–water partition coefficient (Wildman–Crippen LogP) is 3.26. The molecule has 0 atom stereocenters. The van der Waals surface area contributed by atoms with E-state index in [1.54, 1.807) is 28.3 Å². The van der Waals surface area contributed by atoms with Crippen LogP contribution in [0.25, 0.3) is 0 Å². The first kappa shape index (κ1) is 13.3. The monoisotopic (exact) mass is 327 g/mol. The van der Waals surface area contributed by atoms with Crippen molar-refractivity contribution in [3.63, 3.8) is 0 Å². The van der Waals surface area contributed by atoms with Gasteiger partial charge >= 0.3 is 0 Å². The van der Waals surface area contributed by atoms with Crippen LogP contribution in [0, 0.1) is 0 Å². The molecule has 0 unspecified atom stereocenters. The molecule has 2 aromatic heterocycles. The maximum atomic E-state index is 12.1. The van der Waals surface area contributed by atoms with Crippen LogP contribution < -0.4 is 10.9 Å². The van der Waals surface area contributed by atoms with Crippen LogP contribution in [0.1, 0.15) is 24.8 Å². The molecule has 96 valence electrons. The summed E-state index contributed by atoms with van der Waals surface area (Å²) in [5, 5.41) is 3.08. The molecule has 0 saturated carbocycles. The standard InChI is InChI=1S/C12H14BrN3OS/c1-8(2)16-6-5-14-11(12(16)17)15-7-9-3-4-10(13)18-9/h3-6,8H,7H2,1-2H3,(H,14,15). The number of rotatable bonds is 4. The zero-order valence-electron chi connectivity index (χ0n) is 10.2. The fourth-order valence-electron chi connectivity index (χ4n) is 1.57. The van der Waals surface area contributed by atoms with Gasteiger partial charge in [-0.2, -0.15) is 0 Å². The smallest absolute Gasteiger partial charge is 0.293 e. The van der Waals surface area contributed by atoms with Crippen molar-refractivity contribution >= 4 is 33.1 Å². The summed E-state index contributed by atoms with van der Waals surface area (Å²) in [7, 11) is 0. The first-order valence-electron chi connectivity index (χ1n) is 5.63. The molecule has 0 spiro atoms. The van der Waals surface area contributed by atoms with Gasteiger partial charge in [-0.05, 0) is 41.9 Å². The zero-order valence-corrected chi connectivity index (χ0v) is 12.6. The lowest BCUT2D eigenvalue weighted by molar-refractivity contribution is 0.575. The number of hydrogen-bond donors (Lipinski definition) is 1. The lowest BCUT2D eigenvalue weighted by Gasteiger charge is -2.11. The first-order valence-corrected chi connectivity index (χ1v) is 7.24. The summed E-state index contributed by atoms with van der Waals surface area (Å²) >= 11 is 5.05. The summed E-state index contributed by atoms with van der Waals surface area (Å²) in [6.45, 7) is 4.56. The van der Waals surface area contributed by atoms with Crippen molar-refractivity contribution in [3.8, 4) is 0 Å². The second-order valence-electron chi connectivity index (χ2n) is 4.14. The minimum Gasteiger partial charge on any atom is -0.361 e. The largest absolute Gasteiger partial charge is 0.361 e. The summed E-state index contributed by atoms with van der Waals surface area (Å²) in [6.07, 6.45) is 3.36. The Kier molecular flexibility index (Phi) is 4.19. The highest BCUT2D eigenvalue weighted by atomic mass is 79.9. The van der Waals surface area contributed by atoms with Crippen molar-refractivity contribution in [1.82, 2.24) is 9.55 Å². The molecule has 0 bridgehead atoms. The van der Waals surface area contributed by atoms with Crippen LogP contribution in [-0.2, 0) is 6.54 Å². The Morgan fingerprint density at radius 1 is 1.50 bits per heavy atom. The third kappa shape index (κ3) is 3.00. The minimum atomic E-state index is -0.0804. The molecule has 0 aliphatic carbocycles. The number of aromatic nitrogens is 2. The Balaban J connectivity index is 2.15. The molecule has 0 radical (unpaired) electrons. The van der Waals surface area contributed by atoms with E-state index in [-0.39, 0.29) is 11.6 Å². The minimum absolute atomic E-state index is 0.0804. The SMILES string of the molecule is CC(C)n1ccnc(NCc2ccc(Br)s2)c1=O. The van der Waals surface area contributed by atoms with Crippen molar-refractivity contribution in [3.05, 3.63) is 43.5 Å². The van der Waals surface area contributed by atoms with Gasteiger partial charge in [-0.1, -0.05) is 0 Å². The second kappa shape index (κ2) is 5.67. The normalized spacial score (nSPS) is 10.9. The third-order valence-electron chi connectivity index (χ3n) is 2.48. The average molecular weight is 328 g/mol. The number of thiophene rings is 1. The molecule has 6 heteroatoms. The quantitative estimate of drug-likeness (QED) is 0.937. The van der Waals surface area contributed by atoms with Crippen molar-refractivity contribution in [2.75, 3.05) is 5.32 Å². The molecular weight excluding hydrogens is 314 g/mol. The van der Waals surface area contributed by atoms with Gasteiger partial charge in [0.1, 0.15) is 0 Å². The maximum Gasteiger partial charge on any atom is 0.293 e. The van der Waals surface area contributed by atoms with E-state index in [0.29, 0.717) is 12.4 Å². The van der Waals surface area contributed by atoms with E-state index in [0.717, 1.165) is 8.66 Å². The Hall–Kier alpha value is -1.14. The Labute approximate surface area is 118 Å². The zero-order chi connectivity index (χ0) is 13.1. The fraction of sp³-hybridized carbons (Fsp3) is 0.333. The molecule has 0 aliphatic rings. The van der Waals surface area contributed by atoms with Gasteiger partial charge in [-0.15, -0.1) is 11.3 Å². The van der Waals surface area contributed by atoms with Crippen molar-refractivity contribution in [1.29, 1.82) is 0 Å². The number of halogens is 1. The molecule has 0 aliphatic heterocycles. The summed E-state index contributed by atoms with van der Waals surface area (Å²) in [6, 6.07) is 4.15. The molecule has 1 N–H and O–H groups in total. The van der Waals surface area contributed by atoms with E-state index >= 15 is 0 Å². The fourth-order valence-corrected chi connectivity index (χ4v) is 2.99. The van der Waals surface area contributed by atoms with Gasteiger partial charge in [0, 0.05) is 23.3 Å². The van der Waals surface area contributed by atoms with Crippen LogP contribution in [0.5, 0.6) is 0 Å². The Morgan fingerprint density at radius 2 is 2.28 bits per heavy atom. The first-order chi connectivity index (χ1) is 8.58. The lowest BCUT2D eigenvalue weighted by Crippen LogP contribution is -2.25. The molecule has 0 fully saturated rings. The van der Waals surface area contributed by atoms with Crippen LogP contribution >= 0.6 is 27.3 Å². The van der Waals surface area contributed by atoms with E-state index in [1.165, 1.54) is 0 Å². The van der Waals surface area contributed by atoms with Gasteiger partial charge in [0.05, 0.1) is 10.3 Å². The van der Waals surface area contributed by atoms with Gasteiger partial charge in [0.25, 0.3) is 5.56 Å². The van der Waals surface area contributed by atoms with E-state index in [4.69, 9.17) is 0 Å². The number of anilines is 1. The van der Waals surface area contributed by atoms with E-state index in [1.807, 2.05) is 26.0 Å². The van der Waals surface area contributed by atoms with Crippen molar-refractivity contribution < 1.29 is 0 Å². The highest BCUT2D eigenvalue weighted by Crippen LogP contribution is 2.22. The summed E-state index contributed by atoms with van der Waals surface area (Å²) in [5.41, 5.74) is -0.0804. The van der Waals surface area contributed by atoms with E-state index in [9.17, 15) is 4.79 Å². The summed E-state index contributed by atoms with van der Waals surface area (Å²) in [5.74, 6) is 0.399. The van der Waals surface area contributed by atoms with Crippen LogP contribution in [0.4, 0.5) is 5.82 Å². The van der Waals surface area contributed by atoms with Gasteiger partial charge < -0.3 is 9.88 Å².